The number of nitrogens with one attached hydrogen (secondary N) is 1. The summed E-state index contributed by atoms with van der Waals surface area (Å²) in [7, 11) is -3.97. The number of hydrogen-bond donors (Lipinski definition) is 1. The van der Waals surface area contributed by atoms with Crippen LogP contribution in [0.15, 0.2) is 59.5 Å². The molecule has 0 bridgehead atoms. The maximum atomic E-state index is 13.2. The van der Waals surface area contributed by atoms with Crippen LogP contribution in [0.25, 0.3) is 0 Å². The highest BCUT2D eigenvalue weighted by atomic mass is 32.2. The molecule has 0 fully saturated rings. The summed E-state index contributed by atoms with van der Waals surface area (Å²) in [4.78, 5) is 12.5. The molecule has 1 amide bonds. The van der Waals surface area contributed by atoms with E-state index in [0.717, 1.165) is 16.4 Å². The normalized spacial score (nSPS) is 12.7. The molecule has 0 spiro atoms. The predicted molar refractivity (Wildman–Crippen MR) is 99.8 cm³/mol. The Kier molecular flexibility index (Phi) is 6.37. The number of sulfonamides is 1. The van der Waals surface area contributed by atoms with Crippen molar-refractivity contribution < 1.29 is 17.6 Å². The number of halogens is 1. The first-order valence-electron chi connectivity index (χ1n) is 8.34. The number of carbonyl (C=O) groups is 1. The lowest BCUT2D eigenvalue weighted by Crippen LogP contribution is -2.45. The first-order valence-corrected chi connectivity index (χ1v) is 9.78. The molecule has 2 aromatic rings. The smallest absolute Gasteiger partial charge is 0.264 e. The van der Waals surface area contributed by atoms with Crippen molar-refractivity contribution in [3.05, 3.63) is 60.4 Å². The number of anilines is 1. The first kappa shape index (κ1) is 19.9. The zero-order valence-corrected chi connectivity index (χ0v) is 15.8. The average Bonchev–Trinajstić information content (AvgIpc) is 2.61. The summed E-state index contributed by atoms with van der Waals surface area (Å²) in [5.41, 5.74) is 0.225. The quantitative estimate of drug-likeness (QED) is 0.805. The maximum Gasteiger partial charge on any atom is 0.264 e. The lowest BCUT2D eigenvalue weighted by Gasteiger charge is -2.25. The number of carbonyl (C=O) groups excluding carboxylic acids is 1. The first-order chi connectivity index (χ1) is 12.2. The Hall–Kier alpha value is -2.41. The molecule has 0 saturated heterocycles. The minimum absolute atomic E-state index is 0.0639. The zero-order chi connectivity index (χ0) is 19.3. The van der Waals surface area contributed by atoms with Crippen LogP contribution in [-0.2, 0) is 14.8 Å². The number of rotatable bonds is 7. The summed E-state index contributed by atoms with van der Waals surface area (Å²) < 4.78 is 40.3. The van der Waals surface area contributed by atoms with Crippen molar-refractivity contribution in [2.75, 3.05) is 10.8 Å². The third-order valence-electron chi connectivity index (χ3n) is 4.12. The fourth-order valence-corrected chi connectivity index (χ4v) is 3.68. The third-order valence-corrected chi connectivity index (χ3v) is 5.91. The molecule has 0 aromatic heterocycles. The van der Waals surface area contributed by atoms with E-state index in [1.165, 1.54) is 24.3 Å². The van der Waals surface area contributed by atoms with Gasteiger partial charge in [0.15, 0.2) is 0 Å². The number of benzene rings is 2. The highest BCUT2D eigenvalue weighted by Crippen LogP contribution is 2.23. The Morgan fingerprint density at radius 1 is 1.04 bits per heavy atom. The van der Waals surface area contributed by atoms with E-state index >= 15 is 0 Å². The van der Waals surface area contributed by atoms with Gasteiger partial charge < -0.3 is 5.32 Å². The molecular formula is C19H23FN2O3S. The molecule has 0 aliphatic rings. The summed E-state index contributed by atoms with van der Waals surface area (Å²) in [5, 5.41) is 2.80. The van der Waals surface area contributed by atoms with Crippen LogP contribution in [0.5, 0.6) is 0 Å². The van der Waals surface area contributed by atoms with Gasteiger partial charge >= 0.3 is 0 Å². The molecule has 2 rings (SSSR count). The van der Waals surface area contributed by atoms with Crippen LogP contribution in [0.2, 0.25) is 0 Å². The average molecular weight is 378 g/mol. The van der Waals surface area contributed by atoms with Gasteiger partial charge in [-0.15, -0.1) is 0 Å². The summed E-state index contributed by atoms with van der Waals surface area (Å²) >= 11 is 0. The second-order valence-electron chi connectivity index (χ2n) is 6.40. The second-order valence-corrected chi connectivity index (χ2v) is 8.26. The molecule has 0 saturated carbocycles. The van der Waals surface area contributed by atoms with Crippen LogP contribution in [0, 0.1) is 11.7 Å². The van der Waals surface area contributed by atoms with Gasteiger partial charge in [0.05, 0.1) is 10.6 Å². The number of nitrogens with zero attached hydrogens (tertiary/aromatic N) is 1. The van der Waals surface area contributed by atoms with Crippen molar-refractivity contribution in [3.8, 4) is 0 Å². The fraction of sp³-hybridized carbons (Fsp3) is 0.316. The van der Waals surface area contributed by atoms with Crippen LogP contribution in [-0.4, -0.2) is 26.9 Å². The van der Waals surface area contributed by atoms with Crippen molar-refractivity contribution in [2.24, 2.45) is 5.92 Å². The molecule has 5 nitrogen and oxygen atoms in total. The fourth-order valence-electron chi connectivity index (χ4n) is 2.24. The molecule has 0 heterocycles. The van der Waals surface area contributed by atoms with Gasteiger partial charge in [0.1, 0.15) is 12.4 Å². The van der Waals surface area contributed by atoms with E-state index in [0.29, 0.717) is 0 Å². The van der Waals surface area contributed by atoms with E-state index in [-0.39, 0.29) is 29.1 Å². The molecule has 140 valence electrons. The highest BCUT2D eigenvalue weighted by molar-refractivity contribution is 7.92. The SMILES string of the molecule is CC(C)C(C)NC(=O)CN(c1ccc(F)cc1)S(=O)(=O)c1ccccc1. The van der Waals surface area contributed by atoms with Crippen molar-refractivity contribution >= 4 is 21.6 Å². The molecular weight excluding hydrogens is 355 g/mol. The third kappa shape index (κ3) is 4.82. The van der Waals surface area contributed by atoms with Gasteiger partial charge in [-0.05, 0) is 49.2 Å². The molecule has 1 atom stereocenters. The lowest BCUT2D eigenvalue weighted by molar-refractivity contribution is -0.120. The van der Waals surface area contributed by atoms with Gasteiger partial charge in [-0.2, -0.15) is 0 Å². The van der Waals surface area contributed by atoms with Gasteiger partial charge in [-0.25, -0.2) is 12.8 Å². The molecule has 1 N–H and O–H groups in total. The monoisotopic (exact) mass is 378 g/mol. The Balaban J connectivity index is 2.37. The molecule has 0 radical (unpaired) electrons. The van der Waals surface area contributed by atoms with Crippen LogP contribution in [0.3, 0.4) is 0 Å². The highest BCUT2D eigenvalue weighted by Gasteiger charge is 2.27. The van der Waals surface area contributed by atoms with Crippen molar-refractivity contribution in [2.45, 2.75) is 31.7 Å². The molecule has 1 unspecified atom stereocenters. The Bertz CT molecular complexity index is 837. The Morgan fingerprint density at radius 3 is 2.15 bits per heavy atom. The van der Waals surface area contributed by atoms with E-state index in [1.807, 2.05) is 20.8 Å². The summed E-state index contributed by atoms with van der Waals surface area (Å²) in [6, 6.07) is 12.8. The molecule has 0 aliphatic carbocycles. The molecule has 0 aliphatic heterocycles. The van der Waals surface area contributed by atoms with Gasteiger partial charge in [-0.1, -0.05) is 32.0 Å². The minimum Gasteiger partial charge on any atom is -0.352 e. The molecule has 26 heavy (non-hydrogen) atoms. The van der Waals surface area contributed by atoms with Crippen molar-refractivity contribution in [3.63, 3.8) is 0 Å². The standard InChI is InChI=1S/C19H23FN2O3S/c1-14(2)15(3)21-19(23)13-22(17-11-9-16(20)10-12-17)26(24,25)18-7-5-4-6-8-18/h4-12,14-15H,13H2,1-3H3,(H,21,23). The van der Waals surface area contributed by atoms with E-state index in [4.69, 9.17) is 0 Å². The van der Waals surface area contributed by atoms with E-state index in [1.54, 1.807) is 18.2 Å². The Labute approximate surface area is 153 Å². The zero-order valence-electron chi connectivity index (χ0n) is 15.0. The van der Waals surface area contributed by atoms with Crippen LogP contribution in [0.4, 0.5) is 10.1 Å². The van der Waals surface area contributed by atoms with Crippen LogP contribution < -0.4 is 9.62 Å². The summed E-state index contributed by atoms with van der Waals surface area (Å²) in [6.07, 6.45) is 0. The van der Waals surface area contributed by atoms with Crippen molar-refractivity contribution in [1.29, 1.82) is 0 Å². The maximum absolute atomic E-state index is 13.2. The van der Waals surface area contributed by atoms with Crippen LogP contribution >= 0.6 is 0 Å². The largest absolute Gasteiger partial charge is 0.352 e. The van der Waals surface area contributed by atoms with Gasteiger partial charge in [0.25, 0.3) is 10.0 Å². The van der Waals surface area contributed by atoms with Crippen LogP contribution in [0.1, 0.15) is 20.8 Å². The van der Waals surface area contributed by atoms with Gasteiger partial charge in [0.2, 0.25) is 5.91 Å². The van der Waals surface area contributed by atoms with Gasteiger partial charge in [-0.3, -0.25) is 9.10 Å². The van der Waals surface area contributed by atoms with E-state index in [2.05, 4.69) is 5.32 Å². The molecule has 2 aromatic carbocycles. The minimum atomic E-state index is -3.97. The lowest BCUT2D eigenvalue weighted by atomic mass is 10.1. The summed E-state index contributed by atoms with van der Waals surface area (Å²) in [5.74, 6) is -0.692. The van der Waals surface area contributed by atoms with Gasteiger partial charge in [0, 0.05) is 6.04 Å². The Morgan fingerprint density at radius 2 is 1.62 bits per heavy atom. The van der Waals surface area contributed by atoms with E-state index in [9.17, 15) is 17.6 Å². The number of hydrogen-bond acceptors (Lipinski definition) is 3. The summed E-state index contributed by atoms with van der Waals surface area (Å²) in [6.45, 7) is 5.39. The predicted octanol–water partition coefficient (Wildman–Crippen LogP) is 3.18. The van der Waals surface area contributed by atoms with E-state index < -0.39 is 21.7 Å². The number of amides is 1. The second kappa shape index (κ2) is 8.31. The molecule has 7 heteroatoms. The van der Waals surface area contributed by atoms with Crippen molar-refractivity contribution in [1.82, 2.24) is 5.32 Å². The topological polar surface area (TPSA) is 66.5 Å².